The average molecular weight is 285 g/mol. The summed E-state index contributed by atoms with van der Waals surface area (Å²) in [6.07, 6.45) is 0. The second-order valence-electron chi connectivity index (χ2n) is 4.47. The molecule has 3 rings (SSSR count). The van der Waals surface area contributed by atoms with Crippen molar-refractivity contribution in [3.05, 3.63) is 40.8 Å². The molecule has 0 fully saturated rings. The smallest absolute Gasteiger partial charge is 0.224 e. The van der Waals surface area contributed by atoms with Gasteiger partial charge in [-0.05, 0) is 12.1 Å². The molecule has 0 saturated carbocycles. The fourth-order valence-corrected chi connectivity index (χ4v) is 2.65. The molecule has 0 atom stereocenters. The molecular formula is C14H15N5S. The van der Waals surface area contributed by atoms with Gasteiger partial charge in [-0.15, -0.1) is 11.3 Å². The first kappa shape index (κ1) is 12.8. The lowest BCUT2D eigenvalue weighted by Gasteiger charge is -2.19. The number of thiazole rings is 1. The van der Waals surface area contributed by atoms with Crippen LogP contribution < -0.4 is 10.2 Å². The number of fused-ring (bicyclic) bond motifs is 1. The summed E-state index contributed by atoms with van der Waals surface area (Å²) in [6.45, 7) is 0.730. The quantitative estimate of drug-likeness (QED) is 0.799. The highest BCUT2D eigenvalue weighted by Gasteiger charge is 2.12. The SMILES string of the molecule is CNc1nc(N(C)Cc2cscn2)c2ccccc2n1. The molecule has 2 heterocycles. The second kappa shape index (κ2) is 5.42. The molecule has 1 aromatic carbocycles. The molecule has 2 aromatic heterocycles. The fourth-order valence-electron chi connectivity index (χ4n) is 2.10. The lowest BCUT2D eigenvalue weighted by Crippen LogP contribution is -2.19. The van der Waals surface area contributed by atoms with Crippen LogP contribution in [-0.2, 0) is 6.54 Å². The minimum absolute atomic E-state index is 0.629. The monoisotopic (exact) mass is 285 g/mol. The number of anilines is 2. The molecule has 102 valence electrons. The number of benzene rings is 1. The van der Waals surface area contributed by atoms with Gasteiger partial charge in [0.1, 0.15) is 5.82 Å². The van der Waals surface area contributed by atoms with Crippen molar-refractivity contribution in [1.82, 2.24) is 15.0 Å². The van der Waals surface area contributed by atoms with E-state index in [2.05, 4.69) is 30.5 Å². The minimum atomic E-state index is 0.629. The Balaban J connectivity index is 2.04. The number of hydrogen-bond acceptors (Lipinski definition) is 6. The molecule has 20 heavy (non-hydrogen) atoms. The van der Waals surface area contributed by atoms with Gasteiger partial charge >= 0.3 is 0 Å². The number of nitrogens with one attached hydrogen (secondary N) is 1. The zero-order valence-electron chi connectivity index (χ0n) is 11.4. The Morgan fingerprint density at radius 3 is 2.85 bits per heavy atom. The van der Waals surface area contributed by atoms with Gasteiger partial charge in [-0.1, -0.05) is 12.1 Å². The van der Waals surface area contributed by atoms with Crippen molar-refractivity contribution in [2.45, 2.75) is 6.54 Å². The standard InChI is InChI=1S/C14H15N5S/c1-15-14-17-12-6-4-3-5-11(12)13(18-14)19(2)7-10-8-20-9-16-10/h3-6,8-9H,7H2,1-2H3,(H,15,17,18). The highest BCUT2D eigenvalue weighted by Crippen LogP contribution is 2.25. The van der Waals surface area contributed by atoms with Gasteiger partial charge in [-0.25, -0.2) is 9.97 Å². The van der Waals surface area contributed by atoms with E-state index >= 15 is 0 Å². The van der Waals surface area contributed by atoms with Crippen LogP contribution in [-0.4, -0.2) is 29.0 Å². The van der Waals surface area contributed by atoms with Crippen LogP contribution in [0.4, 0.5) is 11.8 Å². The molecular weight excluding hydrogens is 270 g/mol. The first-order valence-electron chi connectivity index (χ1n) is 6.30. The van der Waals surface area contributed by atoms with E-state index in [1.54, 1.807) is 11.3 Å². The minimum Gasteiger partial charge on any atom is -0.357 e. The van der Waals surface area contributed by atoms with Crippen LogP contribution >= 0.6 is 11.3 Å². The number of rotatable bonds is 4. The van der Waals surface area contributed by atoms with Crippen molar-refractivity contribution in [2.24, 2.45) is 0 Å². The number of hydrogen-bond donors (Lipinski definition) is 1. The van der Waals surface area contributed by atoms with Crippen molar-refractivity contribution < 1.29 is 0 Å². The van der Waals surface area contributed by atoms with Crippen molar-refractivity contribution >= 4 is 34.0 Å². The van der Waals surface area contributed by atoms with Gasteiger partial charge in [0.05, 0.1) is 23.3 Å². The molecule has 0 aliphatic carbocycles. The Kier molecular flexibility index (Phi) is 3.47. The van der Waals surface area contributed by atoms with Crippen LogP contribution in [0.2, 0.25) is 0 Å². The molecule has 3 aromatic rings. The molecule has 0 radical (unpaired) electrons. The van der Waals surface area contributed by atoms with E-state index in [1.807, 2.05) is 43.9 Å². The Hall–Kier alpha value is -2.21. The summed E-state index contributed by atoms with van der Waals surface area (Å²) in [6, 6.07) is 8.03. The molecule has 0 spiro atoms. The predicted octanol–water partition coefficient (Wildman–Crippen LogP) is 2.76. The van der Waals surface area contributed by atoms with Crippen LogP contribution in [0.25, 0.3) is 10.9 Å². The third kappa shape index (κ3) is 2.42. The predicted molar refractivity (Wildman–Crippen MR) is 83.3 cm³/mol. The van der Waals surface area contributed by atoms with Crippen molar-refractivity contribution in [1.29, 1.82) is 0 Å². The molecule has 5 nitrogen and oxygen atoms in total. The summed E-state index contributed by atoms with van der Waals surface area (Å²) in [5.41, 5.74) is 3.83. The topological polar surface area (TPSA) is 53.9 Å². The summed E-state index contributed by atoms with van der Waals surface area (Å²) in [5.74, 6) is 1.54. The first-order valence-corrected chi connectivity index (χ1v) is 7.25. The van der Waals surface area contributed by atoms with E-state index < -0.39 is 0 Å². The third-order valence-electron chi connectivity index (χ3n) is 3.05. The van der Waals surface area contributed by atoms with Gasteiger partial charge in [0.25, 0.3) is 0 Å². The Labute approximate surface area is 121 Å². The van der Waals surface area contributed by atoms with Gasteiger partial charge in [0, 0.05) is 24.9 Å². The van der Waals surface area contributed by atoms with Crippen LogP contribution in [0.3, 0.4) is 0 Å². The lowest BCUT2D eigenvalue weighted by molar-refractivity contribution is 0.877. The van der Waals surface area contributed by atoms with E-state index in [-0.39, 0.29) is 0 Å². The molecule has 1 N–H and O–H groups in total. The van der Waals surface area contributed by atoms with Crippen LogP contribution in [0.5, 0.6) is 0 Å². The molecule has 0 aliphatic heterocycles. The van der Waals surface area contributed by atoms with Gasteiger partial charge in [0.2, 0.25) is 5.95 Å². The van der Waals surface area contributed by atoms with E-state index in [1.165, 1.54) is 0 Å². The Morgan fingerprint density at radius 1 is 1.25 bits per heavy atom. The fraction of sp³-hybridized carbons (Fsp3) is 0.214. The normalized spacial score (nSPS) is 10.7. The maximum absolute atomic E-state index is 4.58. The van der Waals surface area contributed by atoms with E-state index in [4.69, 9.17) is 0 Å². The maximum Gasteiger partial charge on any atom is 0.224 e. The van der Waals surface area contributed by atoms with Crippen molar-refractivity contribution in [3.8, 4) is 0 Å². The second-order valence-corrected chi connectivity index (χ2v) is 5.19. The van der Waals surface area contributed by atoms with E-state index in [0.717, 1.165) is 29.0 Å². The highest BCUT2D eigenvalue weighted by molar-refractivity contribution is 7.07. The van der Waals surface area contributed by atoms with E-state index in [0.29, 0.717) is 5.95 Å². The molecule has 0 bridgehead atoms. The Bertz CT molecular complexity index is 711. The van der Waals surface area contributed by atoms with Gasteiger partial charge in [-0.2, -0.15) is 4.98 Å². The summed E-state index contributed by atoms with van der Waals surface area (Å²) < 4.78 is 0. The molecule has 0 amide bonds. The summed E-state index contributed by atoms with van der Waals surface area (Å²) >= 11 is 1.61. The van der Waals surface area contributed by atoms with Crippen molar-refractivity contribution in [3.63, 3.8) is 0 Å². The van der Waals surface area contributed by atoms with E-state index in [9.17, 15) is 0 Å². The van der Waals surface area contributed by atoms with Gasteiger partial charge < -0.3 is 10.2 Å². The van der Waals surface area contributed by atoms with Crippen LogP contribution in [0.15, 0.2) is 35.2 Å². The molecule has 0 saturated heterocycles. The zero-order chi connectivity index (χ0) is 13.9. The third-order valence-corrected chi connectivity index (χ3v) is 3.69. The summed E-state index contributed by atoms with van der Waals surface area (Å²) in [7, 11) is 3.85. The average Bonchev–Trinajstić information content (AvgIpc) is 2.98. The summed E-state index contributed by atoms with van der Waals surface area (Å²) in [5, 5.41) is 6.11. The van der Waals surface area contributed by atoms with Crippen LogP contribution in [0, 0.1) is 0 Å². The van der Waals surface area contributed by atoms with Crippen LogP contribution in [0.1, 0.15) is 5.69 Å². The number of para-hydroxylation sites is 1. The van der Waals surface area contributed by atoms with Crippen molar-refractivity contribution in [2.75, 3.05) is 24.3 Å². The first-order chi connectivity index (χ1) is 9.78. The number of aromatic nitrogens is 3. The molecule has 6 heteroatoms. The zero-order valence-corrected chi connectivity index (χ0v) is 12.2. The Morgan fingerprint density at radius 2 is 2.10 bits per heavy atom. The molecule has 0 unspecified atom stereocenters. The molecule has 0 aliphatic rings. The lowest BCUT2D eigenvalue weighted by atomic mass is 10.2. The summed E-state index contributed by atoms with van der Waals surface area (Å²) in [4.78, 5) is 15.5. The number of nitrogens with zero attached hydrogens (tertiary/aromatic N) is 4. The van der Waals surface area contributed by atoms with Gasteiger partial charge in [0.15, 0.2) is 0 Å². The van der Waals surface area contributed by atoms with Gasteiger partial charge in [-0.3, -0.25) is 0 Å². The maximum atomic E-state index is 4.58. The largest absolute Gasteiger partial charge is 0.357 e. The highest BCUT2D eigenvalue weighted by atomic mass is 32.1.